The number of aromatic nitrogens is 5. The average molecular weight is 480 g/mol. The maximum Gasteiger partial charge on any atom is 0.416 e. The molecule has 1 fully saturated rings. The Bertz CT molecular complexity index is 1300. The fourth-order valence-corrected chi connectivity index (χ4v) is 4.56. The Kier molecular flexibility index (Phi) is 6.10. The molecule has 1 atom stereocenters. The van der Waals surface area contributed by atoms with Crippen molar-refractivity contribution in [2.45, 2.75) is 38.0 Å². The second-order valence-electron chi connectivity index (χ2n) is 8.58. The first-order chi connectivity index (χ1) is 16.9. The number of hydrogen-bond acceptors (Lipinski definition) is 4. The third-order valence-corrected chi connectivity index (χ3v) is 6.27. The molecule has 0 unspecified atom stereocenters. The van der Waals surface area contributed by atoms with Crippen LogP contribution in [0.5, 0.6) is 0 Å². The second-order valence-corrected chi connectivity index (χ2v) is 8.58. The molecule has 4 aromatic rings. The molecular weight excluding hydrogens is 457 g/mol. The molecular formula is C25H23F3N6O. The minimum atomic E-state index is -4.40. The van der Waals surface area contributed by atoms with Crippen LogP contribution in [-0.2, 0) is 12.7 Å². The Labute approximate surface area is 199 Å². The summed E-state index contributed by atoms with van der Waals surface area (Å²) in [5, 5.41) is 11.3. The number of benzene rings is 2. The first-order valence-corrected chi connectivity index (χ1v) is 11.3. The molecule has 1 amide bonds. The van der Waals surface area contributed by atoms with Gasteiger partial charge in [-0.15, -0.1) is 0 Å². The van der Waals surface area contributed by atoms with Crippen molar-refractivity contribution in [3.8, 4) is 11.1 Å². The zero-order chi connectivity index (χ0) is 24.4. The number of carbonyl (C=O) groups excluding carboxylic acids is 1. The first-order valence-electron chi connectivity index (χ1n) is 11.3. The maximum absolute atomic E-state index is 13.6. The van der Waals surface area contributed by atoms with E-state index >= 15 is 0 Å². The van der Waals surface area contributed by atoms with Crippen molar-refractivity contribution in [1.82, 2.24) is 29.9 Å². The standard InChI is InChI=1S/C25H23F3N6O/c26-25(27,28)20-9-7-18(8-10-20)21-13-30-32-23(21)22-6-1-2-11-34(22)24(35)19-5-3-4-17(12-19)14-33-16-29-15-31-33/h3-5,7-10,12-13,15-16,22H,1-2,6,11,14H2,(H,30,32)/t22-/m1/s1. The molecule has 5 rings (SSSR count). The van der Waals surface area contributed by atoms with Gasteiger partial charge in [-0.05, 0) is 54.7 Å². The molecule has 35 heavy (non-hydrogen) atoms. The Morgan fingerprint density at radius 3 is 2.69 bits per heavy atom. The summed E-state index contributed by atoms with van der Waals surface area (Å²) in [6.45, 7) is 1.09. The highest BCUT2D eigenvalue weighted by molar-refractivity contribution is 5.95. The van der Waals surface area contributed by atoms with Crippen molar-refractivity contribution in [1.29, 1.82) is 0 Å². The van der Waals surface area contributed by atoms with E-state index < -0.39 is 11.7 Å². The summed E-state index contributed by atoms with van der Waals surface area (Å²) >= 11 is 0. The van der Waals surface area contributed by atoms with Gasteiger partial charge in [0.25, 0.3) is 5.91 Å². The Morgan fingerprint density at radius 2 is 1.94 bits per heavy atom. The lowest BCUT2D eigenvalue weighted by molar-refractivity contribution is -0.137. The molecule has 2 aromatic heterocycles. The van der Waals surface area contributed by atoms with Crippen LogP contribution in [0.2, 0.25) is 0 Å². The lowest BCUT2D eigenvalue weighted by atomic mass is 9.93. The van der Waals surface area contributed by atoms with Crippen LogP contribution in [-0.4, -0.2) is 42.3 Å². The zero-order valence-electron chi connectivity index (χ0n) is 18.7. The number of hydrogen-bond donors (Lipinski definition) is 1. The SMILES string of the molecule is O=C(c1cccc(Cn2cncn2)c1)N1CCCC[C@@H]1c1[nH]ncc1-c1ccc(C(F)(F)F)cc1. The minimum absolute atomic E-state index is 0.0943. The zero-order valence-corrected chi connectivity index (χ0v) is 18.7. The highest BCUT2D eigenvalue weighted by Gasteiger charge is 2.33. The van der Waals surface area contributed by atoms with Gasteiger partial charge in [-0.1, -0.05) is 24.3 Å². The first kappa shape index (κ1) is 22.8. The van der Waals surface area contributed by atoms with E-state index in [-0.39, 0.29) is 11.9 Å². The third-order valence-electron chi connectivity index (χ3n) is 6.27. The van der Waals surface area contributed by atoms with Gasteiger partial charge in [0, 0.05) is 17.7 Å². The normalized spacial score (nSPS) is 16.4. The molecule has 1 saturated heterocycles. The van der Waals surface area contributed by atoms with Crippen LogP contribution in [0.1, 0.15) is 52.5 Å². The van der Waals surface area contributed by atoms with Gasteiger partial charge in [0.15, 0.2) is 0 Å². The summed E-state index contributed by atoms with van der Waals surface area (Å²) in [5.41, 5.74) is 2.85. The van der Waals surface area contributed by atoms with Crippen molar-refractivity contribution in [3.05, 3.63) is 89.8 Å². The topological polar surface area (TPSA) is 79.7 Å². The van der Waals surface area contributed by atoms with E-state index in [1.807, 2.05) is 23.1 Å². The molecule has 10 heteroatoms. The van der Waals surface area contributed by atoms with Crippen LogP contribution in [0.3, 0.4) is 0 Å². The maximum atomic E-state index is 13.6. The molecule has 1 aliphatic rings. The molecule has 0 radical (unpaired) electrons. The van der Waals surface area contributed by atoms with E-state index in [9.17, 15) is 18.0 Å². The van der Waals surface area contributed by atoms with Gasteiger partial charge < -0.3 is 4.90 Å². The van der Waals surface area contributed by atoms with E-state index in [0.717, 1.165) is 42.7 Å². The summed E-state index contributed by atoms with van der Waals surface area (Å²) in [4.78, 5) is 19.4. The number of nitrogens with zero attached hydrogens (tertiary/aromatic N) is 5. The van der Waals surface area contributed by atoms with Crippen molar-refractivity contribution >= 4 is 5.91 Å². The van der Waals surface area contributed by atoms with Crippen molar-refractivity contribution in [3.63, 3.8) is 0 Å². The average Bonchev–Trinajstić information content (AvgIpc) is 3.56. The van der Waals surface area contributed by atoms with Gasteiger partial charge in [0.2, 0.25) is 0 Å². The summed E-state index contributed by atoms with van der Waals surface area (Å²) in [5.74, 6) is -0.0943. The molecule has 180 valence electrons. The quantitative estimate of drug-likeness (QED) is 0.431. The number of halogens is 3. The highest BCUT2D eigenvalue weighted by Crippen LogP contribution is 2.37. The van der Waals surface area contributed by atoms with E-state index in [4.69, 9.17) is 0 Å². The smallest absolute Gasteiger partial charge is 0.330 e. The van der Waals surface area contributed by atoms with Crippen molar-refractivity contribution in [2.75, 3.05) is 6.54 Å². The molecule has 0 bridgehead atoms. The van der Waals surface area contributed by atoms with E-state index in [1.165, 1.54) is 18.5 Å². The molecule has 2 aromatic carbocycles. The molecule has 1 N–H and O–H groups in total. The Morgan fingerprint density at radius 1 is 1.11 bits per heavy atom. The summed E-state index contributed by atoms with van der Waals surface area (Å²) in [6.07, 6.45) is 2.85. The number of rotatable bonds is 5. The van der Waals surface area contributed by atoms with Crippen LogP contribution >= 0.6 is 0 Å². The Balaban J connectivity index is 1.41. The van der Waals surface area contributed by atoms with Gasteiger partial charge in [0.1, 0.15) is 12.7 Å². The van der Waals surface area contributed by atoms with Gasteiger partial charge in [0.05, 0.1) is 30.0 Å². The van der Waals surface area contributed by atoms with E-state index in [1.54, 1.807) is 23.3 Å². The minimum Gasteiger partial charge on any atom is -0.330 e. The van der Waals surface area contributed by atoms with Crippen LogP contribution < -0.4 is 0 Å². The van der Waals surface area contributed by atoms with Crippen LogP contribution in [0, 0.1) is 0 Å². The van der Waals surface area contributed by atoms with Gasteiger partial charge >= 0.3 is 6.18 Å². The predicted molar refractivity (Wildman–Crippen MR) is 122 cm³/mol. The summed E-state index contributed by atoms with van der Waals surface area (Å²) in [7, 11) is 0. The number of amides is 1. The fourth-order valence-electron chi connectivity index (χ4n) is 4.56. The molecule has 7 nitrogen and oxygen atoms in total. The lowest BCUT2D eigenvalue weighted by Gasteiger charge is -2.36. The number of alkyl halides is 3. The lowest BCUT2D eigenvalue weighted by Crippen LogP contribution is -2.39. The largest absolute Gasteiger partial charge is 0.416 e. The summed E-state index contributed by atoms with van der Waals surface area (Å²) in [6, 6.07) is 12.2. The van der Waals surface area contributed by atoms with E-state index in [0.29, 0.717) is 29.8 Å². The molecule has 1 aliphatic heterocycles. The van der Waals surface area contributed by atoms with Crippen LogP contribution in [0.4, 0.5) is 13.2 Å². The third kappa shape index (κ3) is 4.82. The fraction of sp³-hybridized carbons (Fsp3) is 0.280. The monoisotopic (exact) mass is 480 g/mol. The summed E-state index contributed by atoms with van der Waals surface area (Å²) < 4.78 is 40.7. The Hall–Kier alpha value is -3.95. The van der Waals surface area contributed by atoms with Crippen LogP contribution in [0.25, 0.3) is 11.1 Å². The molecule has 0 spiro atoms. The number of nitrogens with one attached hydrogen (secondary N) is 1. The highest BCUT2D eigenvalue weighted by atomic mass is 19.4. The van der Waals surface area contributed by atoms with Gasteiger partial charge in [-0.25, -0.2) is 9.67 Å². The van der Waals surface area contributed by atoms with E-state index in [2.05, 4.69) is 20.3 Å². The van der Waals surface area contributed by atoms with Crippen molar-refractivity contribution < 1.29 is 18.0 Å². The molecule has 3 heterocycles. The molecule has 0 aliphatic carbocycles. The van der Waals surface area contributed by atoms with Gasteiger partial charge in [-0.2, -0.15) is 23.4 Å². The second kappa shape index (κ2) is 9.36. The van der Waals surface area contributed by atoms with Crippen molar-refractivity contribution in [2.24, 2.45) is 0 Å². The van der Waals surface area contributed by atoms with Crippen LogP contribution in [0.15, 0.2) is 67.4 Å². The number of aromatic amines is 1. The predicted octanol–water partition coefficient (Wildman–Crippen LogP) is 5.10. The number of piperidine rings is 1. The number of H-pyrrole nitrogens is 1. The number of carbonyl (C=O) groups is 1. The number of likely N-dealkylation sites (tertiary alicyclic amines) is 1. The molecule has 0 saturated carbocycles. The van der Waals surface area contributed by atoms with Gasteiger partial charge in [-0.3, -0.25) is 9.89 Å².